The lowest BCUT2D eigenvalue weighted by molar-refractivity contribution is 0.231. The van der Waals surface area contributed by atoms with Gasteiger partial charge in [-0.1, -0.05) is 6.07 Å². The van der Waals surface area contributed by atoms with Gasteiger partial charge in [0, 0.05) is 0 Å². The highest BCUT2D eigenvalue weighted by atomic mass is 19.1. The van der Waals surface area contributed by atoms with Gasteiger partial charge in [-0.2, -0.15) is 0 Å². The molecule has 1 fully saturated rings. The smallest absolute Gasteiger partial charge is 0.165 e. The van der Waals surface area contributed by atoms with Crippen LogP contribution in [-0.2, 0) is 0 Å². The summed E-state index contributed by atoms with van der Waals surface area (Å²) in [5.41, 5.74) is 6.71. The largest absolute Gasteiger partial charge is 0.488 e. The number of nitrogens with two attached hydrogens (primary N) is 1. The number of rotatable bonds is 6. The van der Waals surface area contributed by atoms with Gasteiger partial charge in [-0.3, -0.25) is 0 Å². The third-order valence-electron chi connectivity index (χ3n) is 3.42. The molecule has 1 aromatic carbocycles. The summed E-state index contributed by atoms with van der Waals surface area (Å²) in [6, 6.07) is 5.35. The highest BCUT2D eigenvalue weighted by Gasteiger charge is 2.32. The van der Waals surface area contributed by atoms with E-state index in [0.717, 1.165) is 12.0 Å². The van der Waals surface area contributed by atoms with Crippen LogP contribution in [-0.4, -0.2) is 12.6 Å². The van der Waals surface area contributed by atoms with Gasteiger partial charge in [0.25, 0.3) is 0 Å². The summed E-state index contributed by atoms with van der Waals surface area (Å²) >= 11 is 0. The zero-order valence-electron chi connectivity index (χ0n) is 11.2. The molecule has 18 heavy (non-hydrogen) atoms. The van der Waals surface area contributed by atoms with Crippen molar-refractivity contribution in [1.82, 2.24) is 0 Å². The van der Waals surface area contributed by atoms with Gasteiger partial charge in [-0.25, -0.2) is 4.39 Å². The molecule has 2 N–H and O–H groups in total. The average Bonchev–Trinajstić information content (AvgIpc) is 3.12. The average molecular weight is 251 g/mol. The number of hydrogen-bond acceptors (Lipinski definition) is 2. The zero-order chi connectivity index (χ0) is 13.1. The van der Waals surface area contributed by atoms with Gasteiger partial charge in [-0.15, -0.1) is 0 Å². The van der Waals surface area contributed by atoms with Crippen LogP contribution in [0.2, 0.25) is 0 Å². The van der Waals surface area contributed by atoms with Crippen molar-refractivity contribution in [2.75, 3.05) is 6.54 Å². The van der Waals surface area contributed by atoms with Crippen molar-refractivity contribution in [3.63, 3.8) is 0 Å². The van der Waals surface area contributed by atoms with E-state index in [1.54, 1.807) is 12.1 Å². The van der Waals surface area contributed by atoms with Crippen LogP contribution in [0.15, 0.2) is 18.2 Å². The minimum Gasteiger partial charge on any atom is -0.488 e. The molecule has 3 heteroatoms. The molecule has 1 aliphatic rings. The monoisotopic (exact) mass is 251 g/mol. The van der Waals surface area contributed by atoms with E-state index in [1.807, 2.05) is 19.9 Å². The summed E-state index contributed by atoms with van der Waals surface area (Å²) in [4.78, 5) is 0. The standard InChI is InChI=1S/C15H22FNO/c1-10(2)18-15-6-5-12(9-14(15)16)13(7-8-17)11-3-4-11/h5-6,9-11,13H,3-4,7-8,17H2,1-2H3. The molecular formula is C15H22FNO. The van der Waals surface area contributed by atoms with Crippen molar-refractivity contribution >= 4 is 0 Å². The van der Waals surface area contributed by atoms with Crippen LogP contribution in [0.3, 0.4) is 0 Å². The first-order valence-electron chi connectivity index (χ1n) is 6.78. The summed E-state index contributed by atoms with van der Waals surface area (Å²) in [5, 5.41) is 0. The lowest BCUT2D eigenvalue weighted by atomic mass is 9.91. The second-order valence-electron chi connectivity index (χ2n) is 5.38. The molecule has 0 saturated heterocycles. The lowest BCUT2D eigenvalue weighted by Crippen LogP contribution is -2.11. The van der Waals surface area contributed by atoms with E-state index in [4.69, 9.17) is 10.5 Å². The van der Waals surface area contributed by atoms with Crippen LogP contribution in [0.5, 0.6) is 5.75 Å². The Morgan fingerprint density at radius 2 is 2.11 bits per heavy atom. The second kappa shape index (κ2) is 5.70. The summed E-state index contributed by atoms with van der Waals surface area (Å²) in [6.07, 6.45) is 3.43. The lowest BCUT2D eigenvalue weighted by Gasteiger charge is -2.17. The molecule has 0 spiro atoms. The molecular weight excluding hydrogens is 229 g/mol. The second-order valence-corrected chi connectivity index (χ2v) is 5.38. The summed E-state index contributed by atoms with van der Waals surface area (Å²) in [5.74, 6) is 1.20. The molecule has 1 atom stereocenters. The summed E-state index contributed by atoms with van der Waals surface area (Å²) in [6.45, 7) is 4.45. The van der Waals surface area contributed by atoms with Crippen LogP contribution >= 0.6 is 0 Å². The van der Waals surface area contributed by atoms with Gasteiger partial charge in [-0.05, 0) is 69.2 Å². The third-order valence-corrected chi connectivity index (χ3v) is 3.42. The number of benzene rings is 1. The van der Waals surface area contributed by atoms with E-state index >= 15 is 0 Å². The first-order valence-corrected chi connectivity index (χ1v) is 6.78. The van der Waals surface area contributed by atoms with Crippen LogP contribution in [0.25, 0.3) is 0 Å². The number of halogens is 1. The molecule has 1 aromatic rings. The fraction of sp³-hybridized carbons (Fsp3) is 0.600. The Bertz CT molecular complexity index is 401. The Balaban J connectivity index is 2.15. The van der Waals surface area contributed by atoms with Crippen LogP contribution in [0.4, 0.5) is 4.39 Å². The first kappa shape index (κ1) is 13.3. The Morgan fingerprint density at radius 1 is 1.39 bits per heavy atom. The molecule has 2 rings (SSSR count). The van der Waals surface area contributed by atoms with Crippen LogP contribution in [0, 0.1) is 11.7 Å². The van der Waals surface area contributed by atoms with Gasteiger partial charge < -0.3 is 10.5 Å². The van der Waals surface area contributed by atoms with Crippen LogP contribution in [0.1, 0.15) is 44.6 Å². The van der Waals surface area contributed by atoms with Gasteiger partial charge in [0.05, 0.1) is 6.10 Å². The molecule has 0 radical (unpaired) electrons. The normalized spacial score (nSPS) is 16.9. The molecule has 0 aliphatic heterocycles. The maximum absolute atomic E-state index is 13.9. The molecule has 1 saturated carbocycles. The molecule has 1 unspecified atom stereocenters. The van der Waals surface area contributed by atoms with Crippen molar-refractivity contribution in [3.05, 3.63) is 29.6 Å². The SMILES string of the molecule is CC(C)Oc1ccc(C(CCN)C2CC2)cc1F. The van der Waals surface area contributed by atoms with Crippen molar-refractivity contribution in [2.45, 2.75) is 45.1 Å². The molecule has 2 nitrogen and oxygen atoms in total. The molecule has 0 heterocycles. The fourth-order valence-corrected chi connectivity index (χ4v) is 2.45. The quantitative estimate of drug-likeness (QED) is 0.840. The maximum atomic E-state index is 13.9. The Labute approximate surface area is 108 Å². The van der Waals surface area contributed by atoms with E-state index in [0.29, 0.717) is 24.1 Å². The topological polar surface area (TPSA) is 35.2 Å². The Kier molecular flexibility index (Phi) is 4.23. The Morgan fingerprint density at radius 3 is 2.61 bits per heavy atom. The van der Waals surface area contributed by atoms with Gasteiger partial charge in [0.15, 0.2) is 11.6 Å². The van der Waals surface area contributed by atoms with Crippen molar-refractivity contribution in [2.24, 2.45) is 11.7 Å². The maximum Gasteiger partial charge on any atom is 0.165 e. The van der Waals surface area contributed by atoms with E-state index in [9.17, 15) is 4.39 Å². The van der Waals surface area contributed by atoms with Gasteiger partial charge in [0.1, 0.15) is 0 Å². The summed E-state index contributed by atoms with van der Waals surface area (Å²) < 4.78 is 19.4. The zero-order valence-corrected chi connectivity index (χ0v) is 11.2. The predicted octanol–water partition coefficient (Wildman–Crippen LogP) is 3.46. The minimum absolute atomic E-state index is 0.00591. The van der Waals surface area contributed by atoms with E-state index < -0.39 is 0 Å². The van der Waals surface area contributed by atoms with Crippen molar-refractivity contribution in [3.8, 4) is 5.75 Å². The minimum atomic E-state index is -0.260. The van der Waals surface area contributed by atoms with Crippen molar-refractivity contribution in [1.29, 1.82) is 0 Å². The highest BCUT2D eigenvalue weighted by molar-refractivity contribution is 5.32. The predicted molar refractivity (Wildman–Crippen MR) is 71.3 cm³/mol. The molecule has 100 valence electrons. The fourth-order valence-electron chi connectivity index (χ4n) is 2.45. The third kappa shape index (κ3) is 3.22. The first-order chi connectivity index (χ1) is 8.61. The number of hydrogen-bond donors (Lipinski definition) is 1. The molecule has 0 bridgehead atoms. The number of ether oxygens (including phenoxy) is 1. The van der Waals surface area contributed by atoms with Crippen molar-refractivity contribution < 1.29 is 9.13 Å². The molecule has 0 amide bonds. The van der Waals surface area contributed by atoms with Gasteiger partial charge >= 0.3 is 0 Å². The van der Waals surface area contributed by atoms with E-state index in [-0.39, 0.29) is 11.9 Å². The van der Waals surface area contributed by atoms with Gasteiger partial charge in [0.2, 0.25) is 0 Å². The molecule has 0 aromatic heterocycles. The van der Waals surface area contributed by atoms with Crippen LogP contribution < -0.4 is 10.5 Å². The highest BCUT2D eigenvalue weighted by Crippen LogP contribution is 2.44. The van der Waals surface area contributed by atoms with E-state index in [2.05, 4.69) is 0 Å². The Hall–Kier alpha value is -1.09. The summed E-state index contributed by atoms with van der Waals surface area (Å²) in [7, 11) is 0. The molecule has 1 aliphatic carbocycles. The van der Waals surface area contributed by atoms with E-state index in [1.165, 1.54) is 12.8 Å².